The molecule has 4 rings (SSSR count). The van der Waals surface area contributed by atoms with Crippen molar-refractivity contribution in [2.45, 2.75) is 44.2 Å². The largest absolute Gasteiger partial charge is 0.444 e. The van der Waals surface area contributed by atoms with Gasteiger partial charge in [-0.25, -0.2) is 13.2 Å². The molecule has 0 saturated heterocycles. The Hall–Kier alpha value is -3.06. The van der Waals surface area contributed by atoms with Crippen LogP contribution in [-0.4, -0.2) is 31.6 Å². The van der Waals surface area contributed by atoms with E-state index in [0.29, 0.717) is 30.6 Å². The van der Waals surface area contributed by atoms with Crippen molar-refractivity contribution in [2.75, 3.05) is 11.3 Å². The molecule has 3 aromatic rings. The molecule has 1 N–H and O–H groups in total. The number of ether oxygens (including phenoxy) is 1. The summed E-state index contributed by atoms with van der Waals surface area (Å²) in [6.45, 7) is 6.51. The van der Waals surface area contributed by atoms with Gasteiger partial charge in [0.15, 0.2) is 0 Å². The molecule has 0 radical (unpaired) electrons. The van der Waals surface area contributed by atoms with Gasteiger partial charge in [0.2, 0.25) is 0 Å². The van der Waals surface area contributed by atoms with Crippen molar-refractivity contribution in [1.82, 2.24) is 4.90 Å². The predicted molar refractivity (Wildman–Crippen MR) is 122 cm³/mol. The van der Waals surface area contributed by atoms with Crippen LogP contribution in [0.15, 0.2) is 65.6 Å². The van der Waals surface area contributed by atoms with Crippen molar-refractivity contribution >= 4 is 32.6 Å². The first-order valence-electron chi connectivity index (χ1n) is 10.2. The number of hydrogen-bond acceptors (Lipinski definition) is 4. The monoisotopic (exact) mass is 438 g/mol. The molecule has 3 aromatic carbocycles. The van der Waals surface area contributed by atoms with Crippen molar-refractivity contribution in [3.63, 3.8) is 0 Å². The second-order valence-corrected chi connectivity index (χ2v) is 10.4. The van der Waals surface area contributed by atoms with Gasteiger partial charge in [0, 0.05) is 24.2 Å². The minimum atomic E-state index is -3.75. The maximum absolute atomic E-state index is 13.1. The summed E-state index contributed by atoms with van der Waals surface area (Å²) < 4.78 is 34.3. The number of benzene rings is 3. The lowest BCUT2D eigenvalue weighted by atomic mass is 9.99. The Kier molecular flexibility index (Phi) is 5.39. The molecule has 1 amide bonds. The Morgan fingerprint density at radius 3 is 2.52 bits per heavy atom. The fourth-order valence-electron chi connectivity index (χ4n) is 3.74. The van der Waals surface area contributed by atoms with Crippen molar-refractivity contribution in [3.05, 3.63) is 71.8 Å². The summed E-state index contributed by atoms with van der Waals surface area (Å²) in [7, 11) is -3.75. The standard InChI is InChI=1S/C24H26N2O4S/c1-24(2,3)30-23(27)26-14-13-18-15-20(12-11-19(18)16-26)25-31(28,29)22-10-6-8-17-7-4-5-9-21(17)22/h4-12,15,25H,13-14,16H2,1-3H3. The van der Waals surface area contributed by atoms with Crippen molar-refractivity contribution < 1.29 is 17.9 Å². The highest BCUT2D eigenvalue weighted by Crippen LogP contribution is 2.28. The first-order valence-corrected chi connectivity index (χ1v) is 11.7. The van der Waals surface area contributed by atoms with Gasteiger partial charge in [-0.2, -0.15) is 0 Å². The van der Waals surface area contributed by atoms with E-state index in [-0.39, 0.29) is 11.0 Å². The van der Waals surface area contributed by atoms with Gasteiger partial charge in [-0.1, -0.05) is 42.5 Å². The van der Waals surface area contributed by atoms with Gasteiger partial charge in [-0.3, -0.25) is 4.72 Å². The molecule has 0 spiro atoms. The molecule has 0 saturated carbocycles. The Balaban J connectivity index is 1.54. The molecule has 1 heterocycles. The summed E-state index contributed by atoms with van der Waals surface area (Å²) in [6, 6.07) is 18.1. The molecular weight excluding hydrogens is 412 g/mol. The summed E-state index contributed by atoms with van der Waals surface area (Å²) in [5, 5.41) is 1.56. The second-order valence-electron chi connectivity index (χ2n) is 8.72. The van der Waals surface area contributed by atoms with Crippen LogP contribution in [0.3, 0.4) is 0 Å². The molecule has 0 unspecified atom stereocenters. The summed E-state index contributed by atoms with van der Waals surface area (Å²) in [5.41, 5.74) is 1.99. The molecule has 6 nitrogen and oxygen atoms in total. The number of nitrogens with one attached hydrogen (secondary N) is 1. The van der Waals surface area contributed by atoms with E-state index in [0.717, 1.165) is 16.5 Å². The Morgan fingerprint density at radius 2 is 1.74 bits per heavy atom. The SMILES string of the molecule is CC(C)(C)OC(=O)N1CCc2cc(NS(=O)(=O)c3cccc4ccccc34)ccc2C1. The maximum atomic E-state index is 13.1. The predicted octanol–water partition coefficient (Wildman–Crippen LogP) is 4.93. The number of carbonyl (C=O) groups is 1. The maximum Gasteiger partial charge on any atom is 0.410 e. The van der Waals surface area contributed by atoms with Gasteiger partial charge in [0.05, 0.1) is 4.90 Å². The van der Waals surface area contributed by atoms with E-state index in [9.17, 15) is 13.2 Å². The summed E-state index contributed by atoms with van der Waals surface area (Å²) in [4.78, 5) is 14.3. The smallest absolute Gasteiger partial charge is 0.410 e. The lowest BCUT2D eigenvalue weighted by molar-refractivity contribution is 0.0224. The minimum Gasteiger partial charge on any atom is -0.444 e. The number of sulfonamides is 1. The van der Waals surface area contributed by atoms with Crippen LogP contribution in [0.1, 0.15) is 31.9 Å². The molecule has 1 aliphatic rings. The minimum absolute atomic E-state index is 0.249. The van der Waals surface area contributed by atoms with Crippen LogP contribution in [0, 0.1) is 0 Å². The average molecular weight is 439 g/mol. The second kappa shape index (κ2) is 7.89. The molecule has 7 heteroatoms. The van der Waals surface area contributed by atoms with Crippen LogP contribution < -0.4 is 4.72 Å². The van der Waals surface area contributed by atoms with Gasteiger partial charge in [-0.15, -0.1) is 0 Å². The zero-order valence-corrected chi connectivity index (χ0v) is 18.7. The highest BCUT2D eigenvalue weighted by molar-refractivity contribution is 7.93. The lowest BCUT2D eigenvalue weighted by Crippen LogP contribution is -2.39. The topological polar surface area (TPSA) is 75.7 Å². The zero-order chi connectivity index (χ0) is 22.2. The molecule has 0 atom stereocenters. The molecule has 1 aliphatic heterocycles. The van der Waals surface area contributed by atoms with E-state index >= 15 is 0 Å². The van der Waals surface area contributed by atoms with E-state index in [1.54, 1.807) is 23.1 Å². The van der Waals surface area contributed by atoms with Crippen LogP contribution in [-0.2, 0) is 27.7 Å². The van der Waals surface area contributed by atoms with Crippen molar-refractivity contribution in [2.24, 2.45) is 0 Å². The normalized spacial score (nSPS) is 14.2. The third kappa shape index (κ3) is 4.66. The van der Waals surface area contributed by atoms with Gasteiger partial charge in [0.1, 0.15) is 5.60 Å². The third-order valence-corrected chi connectivity index (χ3v) is 6.60. The number of amides is 1. The molecule has 0 aromatic heterocycles. The molecule has 162 valence electrons. The van der Waals surface area contributed by atoms with E-state index in [1.165, 1.54) is 0 Å². The van der Waals surface area contributed by atoms with Crippen LogP contribution in [0.25, 0.3) is 10.8 Å². The highest BCUT2D eigenvalue weighted by Gasteiger charge is 2.26. The van der Waals surface area contributed by atoms with Gasteiger partial charge < -0.3 is 9.64 Å². The highest BCUT2D eigenvalue weighted by atomic mass is 32.2. The quantitative estimate of drug-likeness (QED) is 0.629. The Labute approximate surface area is 182 Å². The van der Waals surface area contributed by atoms with Gasteiger partial charge in [0.25, 0.3) is 10.0 Å². The molecular formula is C24H26N2O4S. The third-order valence-electron chi connectivity index (χ3n) is 5.16. The van der Waals surface area contributed by atoms with E-state index in [4.69, 9.17) is 4.74 Å². The summed E-state index contributed by atoms with van der Waals surface area (Å²) in [6.07, 6.45) is 0.303. The van der Waals surface area contributed by atoms with Gasteiger partial charge in [-0.05, 0) is 61.9 Å². The fraction of sp³-hybridized carbons (Fsp3) is 0.292. The number of carbonyl (C=O) groups excluding carboxylic acids is 1. The zero-order valence-electron chi connectivity index (χ0n) is 17.9. The number of anilines is 1. The lowest BCUT2D eigenvalue weighted by Gasteiger charge is -2.31. The number of rotatable bonds is 3. The number of nitrogens with zero attached hydrogens (tertiary/aromatic N) is 1. The first kappa shape index (κ1) is 21.2. The van der Waals surface area contributed by atoms with Crippen molar-refractivity contribution in [3.8, 4) is 0 Å². The Morgan fingerprint density at radius 1 is 1.00 bits per heavy atom. The molecule has 0 fully saturated rings. The van der Waals surface area contributed by atoms with Crippen LogP contribution in [0.2, 0.25) is 0 Å². The summed E-state index contributed by atoms with van der Waals surface area (Å²) >= 11 is 0. The average Bonchev–Trinajstić information content (AvgIpc) is 2.71. The van der Waals surface area contributed by atoms with Crippen LogP contribution in [0.5, 0.6) is 0 Å². The summed E-state index contributed by atoms with van der Waals surface area (Å²) in [5.74, 6) is 0. The molecule has 31 heavy (non-hydrogen) atoms. The van der Waals surface area contributed by atoms with E-state index in [2.05, 4.69) is 4.72 Å². The fourth-order valence-corrected chi connectivity index (χ4v) is 5.02. The van der Waals surface area contributed by atoms with Crippen LogP contribution in [0.4, 0.5) is 10.5 Å². The van der Waals surface area contributed by atoms with Crippen LogP contribution >= 0.6 is 0 Å². The number of hydrogen-bond donors (Lipinski definition) is 1. The molecule has 0 bridgehead atoms. The van der Waals surface area contributed by atoms with E-state index < -0.39 is 15.6 Å². The van der Waals surface area contributed by atoms with E-state index in [1.807, 2.05) is 63.2 Å². The first-order chi connectivity index (χ1) is 14.6. The Bertz CT molecular complexity index is 1240. The number of fused-ring (bicyclic) bond motifs is 2. The molecule has 0 aliphatic carbocycles. The van der Waals surface area contributed by atoms with Crippen molar-refractivity contribution in [1.29, 1.82) is 0 Å². The van der Waals surface area contributed by atoms with Gasteiger partial charge >= 0.3 is 6.09 Å².